The second kappa shape index (κ2) is 4.45. The number of aromatic nitrogens is 3. The maximum atomic E-state index is 10.7. The minimum absolute atomic E-state index is 0.0888. The molecule has 0 aliphatic rings. The Balaban J connectivity index is 2.05. The normalized spacial score (nSPS) is 10.7. The summed E-state index contributed by atoms with van der Waals surface area (Å²) < 4.78 is 3.99. The maximum Gasteiger partial charge on any atom is 0.356 e. The lowest BCUT2D eigenvalue weighted by Crippen LogP contribution is -2.08. The minimum atomic E-state index is -0.989. The van der Waals surface area contributed by atoms with E-state index in [1.807, 2.05) is 0 Å². The molecule has 0 saturated carbocycles. The average molecular weight is 233 g/mol. The molecule has 0 spiro atoms. The fourth-order valence-electron chi connectivity index (χ4n) is 1.86. The van der Waals surface area contributed by atoms with Crippen LogP contribution in [0.3, 0.4) is 0 Å². The number of hydrogen-bond acceptors (Lipinski definition) is 2. The van der Waals surface area contributed by atoms with Crippen LogP contribution in [-0.2, 0) is 13.1 Å². The predicted octanol–water partition coefficient (Wildman–Crippen LogP) is 1.70. The Morgan fingerprint density at radius 1 is 1.29 bits per heavy atom. The van der Waals surface area contributed by atoms with Crippen molar-refractivity contribution in [2.45, 2.75) is 26.9 Å². The molecule has 0 amide bonds. The molecule has 90 valence electrons. The molecule has 0 fully saturated rings. The van der Waals surface area contributed by atoms with Crippen LogP contribution in [0.25, 0.3) is 0 Å². The van der Waals surface area contributed by atoms with Crippen molar-refractivity contribution in [2.24, 2.45) is 0 Å². The number of aryl methyl sites for hydroxylation is 3. The largest absolute Gasteiger partial charge is 0.476 e. The van der Waals surface area contributed by atoms with Crippen molar-refractivity contribution in [1.82, 2.24) is 14.1 Å². The first-order valence-corrected chi connectivity index (χ1v) is 5.45. The zero-order chi connectivity index (χ0) is 12.4. The van der Waals surface area contributed by atoms with Crippen LogP contribution in [0.1, 0.15) is 21.9 Å². The van der Waals surface area contributed by atoms with E-state index < -0.39 is 5.97 Å². The molecule has 0 bridgehead atoms. The van der Waals surface area contributed by atoms with Gasteiger partial charge in [-0.2, -0.15) is 0 Å². The molecule has 5 nitrogen and oxygen atoms in total. The molecular formula is C12H15N3O2. The molecule has 2 heterocycles. The first-order chi connectivity index (χ1) is 8.08. The van der Waals surface area contributed by atoms with E-state index in [9.17, 15) is 4.79 Å². The Kier molecular flexibility index (Phi) is 2.99. The summed E-state index contributed by atoms with van der Waals surface area (Å²) in [5.41, 5.74) is 2.51. The summed E-state index contributed by atoms with van der Waals surface area (Å²) in [6.07, 6.45) is 3.11. The summed E-state index contributed by atoms with van der Waals surface area (Å²) in [6, 6.07) is 4.15. The van der Waals surface area contributed by atoms with Crippen LogP contribution in [0.2, 0.25) is 0 Å². The molecule has 17 heavy (non-hydrogen) atoms. The molecule has 5 heteroatoms. The van der Waals surface area contributed by atoms with Crippen LogP contribution < -0.4 is 0 Å². The Morgan fingerprint density at radius 3 is 2.47 bits per heavy atom. The van der Waals surface area contributed by atoms with Crippen LogP contribution >= 0.6 is 0 Å². The molecule has 1 N–H and O–H groups in total. The summed E-state index contributed by atoms with van der Waals surface area (Å²) in [7, 11) is 0. The van der Waals surface area contributed by atoms with Crippen molar-refractivity contribution in [3.63, 3.8) is 0 Å². The SMILES string of the molecule is Cc1ccc(C)n1CCn1cnc(C(=O)O)c1. The smallest absolute Gasteiger partial charge is 0.356 e. The fraction of sp³-hybridized carbons (Fsp3) is 0.333. The first kappa shape index (κ1) is 11.4. The van der Waals surface area contributed by atoms with E-state index in [1.165, 1.54) is 11.4 Å². The van der Waals surface area contributed by atoms with Crippen LogP contribution in [0.15, 0.2) is 24.7 Å². The lowest BCUT2D eigenvalue weighted by molar-refractivity contribution is 0.0691. The van der Waals surface area contributed by atoms with Crippen molar-refractivity contribution < 1.29 is 9.90 Å². The molecule has 0 aromatic carbocycles. The Bertz CT molecular complexity index is 520. The van der Waals surface area contributed by atoms with E-state index in [2.05, 4.69) is 35.5 Å². The standard InChI is InChI=1S/C12H15N3O2/c1-9-3-4-10(2)15(9)6-5-14-7-11(12(16)17)13-8-14/h3-4,7-8H,5-6H2,1-2H3,(H,16,17). The van der Waals surface area contributed by atoms with E-state index >= 15 is 0 Å². The molecule has 0 aliphatic heterocycles. The van der Waals surface area contributed by atoms with Crippen molar-refractivity contribution >= 4 is 5.97 Å². The molecular weight excluding hydrogens is 218 g/mol. The van der Waals surface area contributed by atoms with E-state index in [-0.39, 0.29) is 5.69 Å². The van der Waals surface area contributed by atoms with Gasteiger partial charge in [-0.1, -0.05) is 0 Å². The molecule has 2 aromatic rings. The third-order valence-electron chi connectivity index (χ3n) is 2.85. The number of carboxylic acids is 1. The topological polar surface area (TPSA) is 60.0 Å². The van der Waals surface area contributed by atoms with Crippen LogP contribution in [0, 0.1) is 13.8 Å². The molecule has 0 atom stereocenters. The maximum absolute atomic E-state index is 10.7. The highest BCUT2D eigenvalue weighted by Gasteiger charge is 2.06. The quantitative estimate of drug-likeness (QED) is 0.874. The van der Waals surface area contributed by atoms with Gasteiger partial charge in [0.25, 0.3) is 0 Å². The number of imidazole rings is 1. The van der Waals surface area contributed by atoms with Gasteiger partial charge in [0.1, 0.15) is 0 Å². The van der Waals surface area contributed by atoms with Gasteiger partial charge in [-0.15, -0.1) is 0 Å². The highest BCUT2D eigenvalue weighted by molar-refractivity contribution is 5.84. The summed E-state index contributed by atoms with van der Waals surface area (Å²) in [5.74, 6) is -0.989. The number of hydrogen-bond donors (Lipinski definition) is 1. The monoisotopic (exact) mass is 233 g/mol. The highest BCUT2D eigenvalue weighted by Crippen LogP contribution is 2.07. The van der Waals surface area contributed by atoms with Crippen molar-refractivity contribution in [3.8, 4) is 0 Å². The van der Waals surface area contributed by atoms with Crippen LogP contribution in [-0.4, -0.2) is 25.2 Å². The summed E-state index contributed by atoms with van der Waals surface area (Å²) in [6.45, 7) is 5.66. The van der Waals surface area contributed by atoms with E-state index in [0.717, 1.165) is 13.1 Å². The Labute approximate surface area is 99.3 Å². The fourth-order valence-corrected chi connectivity index (χ4v) is 1.86. The van der Waals surface area contributed by atoms with Gasteiger partial charge < -0.3 is 14.2 Å². The summed E-state index contributed by atoms with van der Waals surface area (Å²) in [5, 5.41) is 8.76. The zero-order valence-electron chi connectivity index (χ0n) is 9.92. The third-order valence-corrected chi connectivity index (χ3v) is 2.85. The number of nitrogens with zero attached hydrogens (tertiary/aromatic N) is 3. The van der Waals surface area contributed by atoms with E-state index in [4.69, 9.17) is 5.11 Å². The average Bonchev–Trinajstić information content (AvgIpc) is 2.85. The number of carbonyl (C=O) groups is 1. The second-order valence-corrected chi connectivity index (χ2v) is 4.07. The number of aromatic carboxylic acids is 1. The lowest BCUT2D eigenvalue weighted by atomic mass is 10.4. The van der Waals surface area contributed by atoms with Crippen LogP contribution in [0.4, 0.5) is 0 Å². The van der Waals surface area contributed by atoms with Gasteiger partial charge in [-0.25, -0.2) is 9.78 Å². The molecule has 0 unspecified atom stereocenters. The molecule has 0 radical (unpaired) electrons. The highest BCUT2D eigenvalue weighted by atomic mass is 16.4. The number of carboxylic acid groups (broad SMARTS) is 1. The van der Waals surface area contributed by atoms with Crippen molar-refractivity contribution in [1.29, 1.82) is 0 Å². The lowest BCUT2D eigenvalue weighted by Gasteiger charge is -2.09. The zero-order valence-corrected chi connectivity index (χ0v) is 9.92. The van der Waals surface area contributed by atoms with Gasteiger partial charge in [-0.05, 0) is 26.0 Å². The summed E-state index contributed by atoms with van der Waals surface area (Å²) >= 11 is 0. The second-order valence-electron chi connectivity index (χ2n) is 4.07. The van der Waals surface area contributed by atoms with E-state index in [1.54, 1.807) is 17.1 Å². The number of rotatable bonds is 4. The van der Waals surface area contributed by atoms with Crippen molar-refractivity contribution in [3.05, 3.63) is 41.7 Å². The van der Waals surface area contributed by atoms with Crippen molar-refractivity contribution in [2.75, 3.05) is 0 Å². The van der Waals surface area contributed by atoms with Gasteiger partial charge in [-0.3, -0.25) is 0 Å². The molecule has 0 saturated heterocycles. The van der Waals surface area contributed by atoms with Gasteiger partial charge in [0.15, 0.2) is 5.69 Å². The van der Waals surface area contributed by atoms with E-state index in [0.29, 0.717) is 0 Å². The van der Waals surface area contributed by atoms with Crippen LogP contribution in [0.5, 0.6) is 0 Å². The third kappa shape index (κ3) is 2.38. The first-order valence-electron chi connectivity index (χ1n) is 5.45. The molecule has 2 rings (SSSR count). The minimum Gasteiger partial charge on any atom is -0.476 e. The Hall–Kier alpha value is -2.04. The molecule has 2 aromatic heterocycles. The van der Waals surface area contributed by atoms with Gasteiger partial charge >= 0.3 is 5.97 Å². The predicted molar refractivity (Wildman–Crippen MR) is 63.1 cm³/mol. The van der Waals surface area contributed by atoms with Gasteiger partial charge in [0, 0.05) is 30.7 Å². The van der Waals surface area contributed by atoms with Gasteiger partial charge in [0.05, 0.1) is 6.33 Å². The van der Waals surface area contributed by atoms with Gasteiger partial charge in [0.2, 0.25) is 0 Å². The Morgan fingerprint density at radius 2 is 1.94 bits per heavy atom. The summed E-state index contributed by atoms with van der Waals surface area (Å²) in [4.78, 5) is 14.5. The molecule has 0 aliphatic carbocycles.